The number of ether oxygens (including phenoxy) is 2. The maximum Gasteiger partial charge on any atom is 0.188 e. The largest absolute Gasteiger partial charge is 0.468 e. The number of methoxy groups -OCH3 is 1. The fourth-order valence-corrected chi connectivity index (χ4v) is 2.82. The van der Waals surface area contributed by atoms with Crippen LogP contribution in [0.4, 0.5) is 0 Å². The molecule has 0 saturated carbocycles. The molecule has 0 amide bonds. The van der Waals surface area contributed by atoms with Crippen LogP contribution in [-0.4, -0.2) is 13.9 Å². The van der Waals surface area contributed by atoms with Gasteiger partial charge in [0.1, 0.15) is 5.75 Å². The molecule has 0 atom stereocenters. The second kappa shape index (κ2) is 5.02. The van der Waals surface area contributed by atoms with E-state index in [-0.39, 0.29) is 0 Å². The van der Waals surface area contributed by atoms with Gasteiger partial charge in [0.05, 0.1) is 0 Å². The van der Waals surface area contributed by atoms with E-state index in [2.05, 4.69) is 35.0 Å². The Hall–Kier alpha value is -0.800. The lowest BCUT2D eigenvalue weighted by Crippen LogP contribution is -1.99. The summed E-state index contributed by atoms with van der Waals surface area (Å²) in [5, 5.41) is 0. The van der Waals surface area contributed by atoms with Gasteiger partial charge < -0.3 is 9.47 Å². The predicted molar refractivity (Wildman–Crippen MR) is 68.6 cm³/mol. The average molecular weight is 283 g/mol. The number of aryl methyl sites for hydroxylation is 1. The number of allylic oxidation sites excluding steroid dienone is 2. The Bertz CT molecular complexity index is 424. The van der Waals surface area contributed by atoms with Crippen LogP contribution in [0.3, 0.4) is 0 Å². The normalized spacial score (nSPS) is 16.6. The van der Waals surface area contributed by atoms with Gasteiger partial charge in [0.2, 0.25) is 0 Å². The minimum Gasteiger partial charge on any atom is -0.468 e. The number of halogens is 1. The Morgan fingerprint density at radius 2 is 2.19 bits per heavy atom. The van der Waals surface area contributed by atoms with Crippen LogP contribution >= 0.6 is 15.9 Å². The fourth-order valence-electron chi connectivity index (χ4n) is 2.09. The van der Waals surface area contributed by atoms with E-state index in [4.69, 9.17) is 9.47 Å². The van der Waals surface area contributed by atoms with Gasteiger partial charge in [-0.05, 0) is 48.6 Å². The summed E-state index contributed by atoms with van der Waals surface area (Å²) in [6, 6.07) is 4.11. The van der Waals surface area contributed by atoms with Gasteiger partial charge >= 0.3 is 0 Å². The van der Waals surface area contributed by atoms with Gasteiger partial charge in [-0.25, -0.2) is 0 Å². The molecule has 2 rings (SSSR count). The zero-order valence-corrected chi connectivity index (χ0v) is 11.1. The predicted octanol–water partition coefficient (Wildman–Crippen LogP) is 3.78. The van der Waals surface area contributed by atoms with E-state index < -0.39 is 0 Å². The first-order valence-corrected chi connectivity index (χ1v) is 6.15. The molecule has 0 aliphatic heterocycles. The van der Waals surface area contributed by atoms with Crippen molar-refractivity contribution < 1.29 is 9.47 Å². The molecular weight excluding hydrogens is 268 g/mol. The van der Waals surface area contributed by atoms with Crippen LogP contribution in [-0.2, 0) is 11.2 Å². The van der Waals surface area contributed by atoms with E-state index in [9.17, 15) is 0 Å². The molecule has 0 spiro atoms. The molecule has 0 aromatic heterocycles. The number of fused-ring (bicyclic) bond motifs is 1. The third-order valence-electron chi connectivity index (χ3n) is 2.82. The number of hydrogen-bond acceptors (Lipinski definition) is 2. The maximum atomic E-state index is 5.46. The SMILES string of the molecule is C/C=C1\CCc2cc(OCOC)cc(Br)c21. The summed E-state index contributed by atoms with van der Waals surface area (Å²) < 4.78 is 11.5. The van der Waals surface area contributed by atoms with Crippen molar-refractivity contribution in [1.82, 2.24) is 0 Å². The van der Waals surface area contributed by atoms with Crippen molar-refractivity contribution >= 4 is 21.5 Å². The summed E-state index contributed by atoms with van der Waals surface area (Å²) in [6.45, 7) is 2.38. The molecule has 0 heterocycles. The van der Waals surface area contributed by atoms with Crippen LogP contribution < -0.4 is 4.74 Å². The van der Waals surface area contributed by atoms with Crippen molar-refractivity contribution in [3.05, 3.63) is 33.8 Å². The number of hydrogen-bond donors (Lipinski definition) is 0. The molecule has 16 heavy (non-hydrogen) atoms. The lowest BCUT2D eigenvalue weighted by molar-refractivity contribution is 0.0510. The molecule has 3 heteroatoms. The van der Waals surface area contributed by atoms with Gasteiger partial charge in [-0.3, -0.25) is 0 Å². The highest BCUT2D eigenvalue weighted by Crippen LogP contribution is 2.39. The van der Waals surface area contributed by atoms with Gasteiger partial charge in [0, 0.05) is 11.6 Å². The maximum absolute atomic E-state index is 5.46. The minimum atomic E-state index is 0.293. The van der Waals surface area contributed by atoms with Crippen molar-refractivity contribution in [2.24, 2.45) is 0 Å². The summed E-state index contributed by atoms with van der Waals surface area (Å²) in [7, 11) is 1.63. The highest BCUT2D eigenvalue weighted by Gasteiger charge is 2.19. The van der Waals surface area contributed by atoms with Gasteiger partial charge in [-0.2, -0.15) is 0 Å². The smallest absolute Gasteiger partial charge is 0.188 e. The third-order valence-corrected chi connectivity index (χ3v) is 3.45. The van der Waals surface area contributed by atoms with Gasteiger partial charge in [0.15, 0.2) is 6.79 Å². The second-order valence-electron chi connectivity index (χ2n) is 3.80. The highest BCUT2D eigenvalue weighted by atomic mass is 79.9. The van der Waals surface area contributed by atoms with E-state index in [0.717, 1.165) is 23.1 Å². The molecule has 0 fully saturated rings. The summed E-state index contributed by atoms with van der Waals surface area (Å²) >= 11 is 3.61. The van der Waals surface area contributed by atoms with E-state index in [0.29, 0.717) is 6.79 Å². The summed E-state index contributed by atoms with van der Waals surface area (Å²) in [4.78, 5) is 0. The molecule has 0 saturated heterocycles. The first-order chi connectivity index (χ1) is 7.76. The standard InChI is InChI=1S/C13H15BrO2/c1-3-9-4-5-10-6-11(16-8-15-2)7-12(14)13(9)10/h3,6-7H,4-5,8H2,1-2H3/b9-3+. The molecule has 1 aliphatic carbocycles. The average Bonchev–Trinajstić information content (AvgIpc) is 2.69. The zero-order valence-electron chi connectivity index (χ0n) is 9.55. The molecule has 86 valence electrons. The van der Waals surface area contributed by atoms with E-state index >= 15 is 0 Å². The van der Waals surface area contributed by atoms with Crippen molar-refractivity contribution in [1.29, 1.82) is 0 Å². The molecule has 2 nitrogen and oxygen atoms in total. The molecule has 0 bridgehead atoms. The second-order valence-corrected chi connectivity index (χ2v) is 4.66. The zero-order chi connectivity index (χ0) is 11.5. The quantitative estimate of drug-likeness (QED) is 0.786. The van der Waals surface area contributed by atoms with Crippen LogP contribution in [0.5, 0.6) is 5.75 Å². The third kappa shape index (κ3) is 2.15. The van der Waals surface area contributed by atoms with E-state index in [1.54, 1.807) is 7.11 Å². The topological polar surface area (TPSA) is 18.5 Å². The Morgan fingerprint density at radius 3 is 2.88 bits per heavy atom. The lowest BCUT2D eigenvalue weighted by atomic mass is 10.1. The van der Waals surface area contributed by atoms with E-state index in [1.165, 1.54) is 16.7 Å². The molecule has 0 N–H and O–H groups in total. The van der Waals surface area contributed by atoms with Crippen LogP contribution in [0.15, 0.2) is 22.7 Å². The fraction of sp³-hybridized carbons (Fsp3) is 0.385. The van der Waals surface area contributed by atoms with Gasteiger partial charge in [-0.1, -0.05) is 22.0 Å². The Balaban J connectivity index is 2.34. The van der Waals surface area contributed by atoms with Gasteiger partial charge in [-0.15, -0.1) is 0 Å². The van der Waals surface area contributed by atoms with Gasteiger partial charge in [0.25, 0.3) is 0 Å². The monoisotopic (exact) mass is 282 g/mol. The summed E-state index contributed by atoms with van der Waals surface area (Å²) in [6.07, 6.45) is 4.40. The van der Waals surface area contributed by atoms with Crippen LogP contribution in [0, 0.1) is 0 Å². The van der Waals surface area contributed by atoms with Crippen LogP contribution in [0.2, 0.25) is 0 Å². The Labute approximate surface area is 104 Å². The van der Waals surface area contributed by atoms with Crippen molar-refractivity contribution in [2.45, 2.75) is 19.8 Å². The van der Waals surface area contributed by atoms with Crippen molar-refractivity contribution in [3.63, 3.8) is 0 Å². The summed E-state index contributed by atoms with van der Waals surface area (Å²) in [5.74, 6) is 0.866. The number of rotatable bonds is 3. The molecular formula is C13H15BrO2. The number of benzene rings is 1. The molecule has 0 unspecified atom stereocenters. The van der Waals surface area contributed by atoms with Crippen molar-refractivity contribution in [3.8, 4) is 5.75 Å². The molecule has 1 aromatic rings. The molecule has 0 radical (unpaired) electrons. The van der Waals surface area contributed by atoms with E-state index in [1.807, 2.05) is 6.07 Å². The first kappa shape index (κ1) is 11.7. The molecule has 1 aromatic carbocycles. The Morgan fingerprint density at radius 1 is 1.38 bits per heavy atom. The molecule has 1 aliphatic rings. The van der Waals surface area contributed by atoms with Crippen molar-refractivity contribution in [2.75, 3.05) is 13.9 Å². The lowest BCUT2D eigenvalue weighted by Gasteiger charge is -2.09. The van der Waals surface area contributed by atoms with Crippen LogP contribution in [0.1, 0.15) is 24.5 Å². The Kier molecular flexibility index (Phi) is 3.66. The first-order valence-electron chi connectivity index (χ1n) is 5.36. The minimum absolute atomic E-state index is 0.293. The summed E-state index contributed by atoms with van der Waals surface area (Å²) in [5.41, 5.74) is 4.11. The van der Waals surface area contributed by atoms with Crippen LogP contribution in [0.25, 0.3) is 5.57 Å². The highest BCUT2D eigenvalue weighted by molar-refractivity contribution is 9.10.